The van der Waals surface area contributed by atoms with E-state index < -0.39 is 10.0 Å². The van der Waals surface area contributed by atoms with Gasteiger partial charge in [0.25, 0.3) is 10.0 Å². The fourth-order valence-corrected chi connectivity index (χ4v) is 2.48. The van der Waals surface area contributed by atoms with E-state index in [9.17, 15) is 8.42 Å². The Kier molecular flexibility index (Phi) is 3.39. The molecule has 0 aromatic carbocycles. The minimum Gasteiger partial charge on any atom is -0.263 e. The van der Waals surface area contributed by atoms with Gasteiger partial charge in [0.1, 0.15) is 15.3 Å². The fourth-order valence-electron chi connectivity index (χ4n) is 1.17. The lowest BCUT2D eigenvalue weighted by Crippen LogP contribution is -2.14. The maximum Gasteiger partial charge on any atom is 0.264 e. The average molecular weight is 314 g/mol. The molecule has 17 heavy (non-hydrogen) atoms. The van der Waals surface area contributed by atoms with E-state index in [0.29, 0.717) is 4.60 Å². The molecule has 1 N–H and O–H groups in total. The van der Waals surface area contributed by atoms with Crippen molar-refractivity contribution in [2.75, 3.05) is 4.72 Å². The van der Waals surface area contributed by atoms with Crippen LogP contribution in [0, 0.1) is 0 Å². The van der Waals surface area contributed by atoms with Crippen LogP contribution in [0.3, 0.4) is 0 Å². The molecule has 0 aliphatic rings. The third-order valence-corrected chi connectivity index (χ3v) is 3.68. The van der Waals surface area contributed by atoms with Crippen LogP contribution in [0.5, 0.6) is 0 Å². The lowest BCUT2D eigenvalue weighted by Gasteiger charge is -2.06. The van der Waals surface area contributed by atoms with E-state index in [4.69, 9.17) is 0 Å². The van der Waals surface area contributed by atoms with E-state index in [1.54, 1.807) is 24.3 Å². The van der Waals surface area contributed by atoms with Gasteiger partial charge in [-0.25, -0.2) is 13.4 Å². The summed E-state index contributed by atoms with van der Waals surface area (Å²) in [6.45, 7) is 0. The molecule has 0 fully saturated rings. The number of hydrogen-bond acceptors (Lipinski definition) is 4. The summed E-state index contributed by atoms with van der Waals surface area (Å²) in [5.41, 5.74) is 0. The maximum absolute atomic E-state index is 11.9. The molecule has 2 rings (SSSR count). The van der Waals surface area contributed by atoms with E-state index in [-0.39, 0.29) is 10.7 Å². The summed E-state index contributed by atoms with van der Waals surface area (Å²) < 4.78 is 26.7. The van der Waals surface area contributed by atoms with Crippen LogP contribution in [0.4, 0.5) is 5.82 Å². The monoisotopic (exact) mass is 313 g/mol. The maximum atomic E-state index is 11.9. The molecule has 0 atom stereocenters. The molecule has 7 heteroatoms. The first-order valence-corrected chi connectivity index (χ1v) is 6.91. The second-order valence-electron chi connectivity index (χ2n) is 3.14. The normalized spacial score (nSPS) is 11.1. The first-order chi connectivity index (χ1) is 8.08. The van der Waals surface area contributed by atoms with E-state index in [1.807, 2.05) is 0 Å². The number of anilines is 1. The van der Waals surface area contributed by atoms with E-state index in [2.05, 4.69) is 30.6 Å². The molecule has 0 saturated heterocycles. The van der Waals surface area contributed by atoms with Crippen LogP contribution in [-0.4, -0.2) is 18.4 Å². The van der Waals surface area contributed by atoms with Gasteiger partial charge in [0.05, 0.1) is 0 Å². The largest absolute Gasteiger partial charge is 0.264 e. The highest BCUT2D eigenvalue weighted by molar-refractivity contribution is 9.10. The quantitative estimate of drug-likeness (QED) is 0.880. The van der Waals surface area contributed by atoms with Gasteiger partial charge in [0, 0.05) is 12.4 Å². The lowest BCUT2D eigenvalue weighted by atomic mass is 10.5. The van der Waals surface area contributed by atoms with Crippen molar-refractivity contribution in [2.24, 2.45) is 0 Å². The van der Waals surface area contributed by atoms with Gasteiger partial charge in [0.15, 0.2) is 0 Å². The van der Waals surface area contributed by atoms with Crippen LogP contribution in [0.1, 0.15) is 0 Å². The first kappa shape index (κ1) is 12.0. The van der Waals surface area contributed by atoms with Gasteiger partial charge < -0.3 is 0 Å². The Balaban J connectivity index is 2.30. The molecule has 0 aliphatic carbocycles. The van der Waals surface area contributed by atoms with Crippen molar-refractivity contribution in [3.8, 4) is 0 Å². The Morgan fingerprint density at radius 3 is 2.65 bits per heavy atom. The van der Waals surface area contributed by atoms with E-state index in [1.165, 1.54) is 18.5 Å². The molecule has 0 radical (unpaired) electrons. The number of halogens is 1. The minimum atomic E-state index is -3.63. The third-order valence-electron chi connectivity index (χ3n) is 1.90. The molecule has 0 spiro atoms. The first-order valence-electron chi connectivity index (χ1n) is 4.63. The van der Waals surface area contributed by atoms with Crippen molar-refractivity contribution < 1.29 is 8.42 Å². The summed E-state index contributed by atoms with van der Waals surface area (Å²) in [6, 6.07) is 7.99. The molecular weight excluding hydrogens is 306 g/mol. The zero-order valence-corrected chi connectivity index (χ0v) is 10.9. The third kappa shape index (κ3) is 3.01. The molecule has 2 aromatic heterocycles. The van der Waals surface area contributed by atoms with Crippen LogP contribution in [0.15, 0.2) is 52.2 Å². The van der Waals surface area contributed by atoms with Crippen LogP contribution in [0.25, 0.3) is 0 Å². The lowest BCUT2D eigenvalue weighted by molar-refractivity contribution is 0.600. The van der Waals surface area contributed by atoms with Gasteiger partial charge >= 0.3 is 0 Å². The summed E-state index contributed by atoms with van der Waals surface area (Å²) in [7, 11) is -3.63. The number of rotatable bonds is 3. The molecular formula is C10H8BrN3O2S. The number of hydrogen-bond donors (Lipinski definition) is 1. The summed E-state index contributed by atoms with van der Waals surface area (Å²) in [5, 5.41) is 0. The van der Waals surface area contributed by atoms with Gasteiger partial charge in [-0.3, -0.25) is 9.71 Å². The second kappa shape index (κ2) is 4.80. The predicted octanol–water partition coefficient (Wildman–Crippen LogP) is 2.04. The van der Waals surface area contributed by atoms with E-state index in [0.717, 1.165) is 0 Å². The zero-order chi connectivity index (χ0) is 12.3. The molecule has 0 bridgehead atoms. The molecule has 2 heterocycles. The molecule has 0 amide bonds. The van der Waals surface area contributed by atoms with Gasteiger partial charge in [-0.05, 0) is 40.2 Å². The highest BCUT2D eigenvalue weighted by Gasteiger charge is 2.14. The summed E-state index contributed by atoms with van der Waals surface area (Å²) >= 11 is 3.17. The molecule has 88 valence electrons. The number of aromatic nitrogens is 2. The topological polar surface area (TPSA) is 72.0 Å². The van der Waals surface area contributed by atoms with Crippen molar-refractivity contribution >= 4 is 31.8 Å². The Bertz CT molecular complexity index is 616. The minimum absolute atomic E-state index is 0.0989. The van der Waals surface area contributed by atoms with Gasteiger partial charge in [-0.2, -0.15) is 0 Å². The summed E-state index contributed by atoms with van der Waals surface area (Å²) in [5.74, 6) is 0.253. The molecule has 0 aliphatic heterocycles. The van der Waals surface area contributed by atoms with E-state index >= 15 is 0 Å². The Hall–Kier alpha value is -1.47. The zero-order valence-electron chi connectivity index (χ0n) is 8.54. The van der Waals surface area contributed by atoms with Crippen LogP contribution in [0.2, 0.25) is 0 Å². The Morgan fingerprint density at radius 1 is 1.18 bits per heavy atom. The SMILES string of the molecule is O=S(=O)(Nc1cccc(Br)n1)c1cccnc1. The smallest absolute Gasteiger partial charge is 0.263 e. The number of nitrogens with one attached hydrogen (secondary N) is 1. The molecule has 0 unspecified atom stereocenters. The summed E-state index contributed by atoms with van der Waals surface area (Å²) in [4.78, 5) is 7.85. The highest BCUT2D eigenvalue weighted by Crippen LogP contribution is 2.15. The average Bonchev–Trinajstić information content (AvgIpc) is 2.29. The van der Waals surface area contributed by atoms with Crippen LogP contribution in [-0.2, 0) is 10.0 Å². The van der Waals surface area contributed by atoms with Gasteiger partial charge in [-0.15, -0.1) is 0 Å². The van der Waals surface area contributed by atoms with Crippen molar-refractivity contribution in [1.29, 1.82) is 0 Å². The molecule has 0 saturated carbocycles. The number of pyridine rings is 2. The van der Waals surface area contributed by atoms with Crippen LogP contribution >= 0.6 is 15.9 Å². The van der Waals surface area contributed by atoms with Crippen molar-refractivity contribution in [2.45, 2.75) is 4.90 Å². The Labute approximate surface area is 107 Å². The van der Waals surface area contributed by atoms with Gasteiger partial charge in [0.2, 0.25) is 0 Å². The number of sulfonamides is 1. The van der Waals surface area contributed by atoms with Crippen molar-refractivity contribution in [3.63, 3.8) is 0 Å². The molecule has 5 nitrogen and oxygen atoms in total. The fraction of sp³-hybridized carbons (Fsp3) is 0. The van der Waals surface area contributed by atoms with Crippen molar-refractivity contribution in [1.82, 2.24) is 9.97 Å². The second-order valence-corrected chi connectivity index (χ2v) is 5.63. The predicted molar refractivity (Wildman–Crippen MR) is 67.0 cm³/mol. The Morgan fingerprint density at radius 2 is 2.00 bits per heavy atom. The summed E-state index contributed by atoms with van der Waals surface area (Å²) in [6.07, 6.45) is 2.79. The van der Waals surface area contributed by atoms with Crippen LogP contribution < -0.4 is 4.72 Å². The highest BCUT2D eigenvalue weighted by atomic mass is 79.9. The molecule has 2 aromatic rings. The standard InChI is InChI=1S/C10H8BrN3O2S/c11-9-4-1-5-10(13-9)14-17(15,16)8-3-2-6-12-7-8/h1-7H,(H,13,14). The van der Waals surface area contributed by atoms with Crippen molar-refractivity contribution in [3.05, 3.63) is 47.3 Å². The number of nitrogens with zero attached hydrogens (tertiary/aromatic N) is 2. The van der Waals surface area contributed by atoms with Gasteiger partial charge in [-0.1, -0.05) is 6.07 Å².